The second-order valence-electron chi connectivity index (χ2n) is 7.87. The lowest BCUT2D eigenvalue weighted by Gasteiger charge is -2.14. The molecule has 4 aromatic carbocycles. The number of para-hydroxylation sites is 2. The maximum atomic E-state index is 4.96. The van der Waals surface area contributed by atoms with Crippen molar-refractivity contribution in [3.8, 4) is 33.6 Å². The zero-order valence-corrected chi connectivity index (χ0v) is 17.4. The van der Waals surface area contributed by atoms with Crippen LogP contribution in [0.4, 0.5) is 0 Å². The van der Waals surface area contributed by atoms with E-state index in [1.54, 1.807) is 0 Å². The van der Waals surface area contributed by atoms with Gasteiger partial charge < -0.3 is 0 Å². The summed E-state index contributed by atoms with van der Waals surface area (Å²) in [6.07, 6.45) is 0. The van der Waals surface area contributed by atoms with Gasteiger partial charge in [-0.05, 0) is 35.4 Å². The van der Waals surface area contributed by atoms with E-state index in [-0.39, 0.29) is 0 Å². The Morgan fingerprint density at radius 3 is 1.16 bits per heavy atom. The van der Waals surface area contributed by atoms with Crippen molar-refractivity contribution >= 4 is 21.8 Å². The Morgan fingerprint density at radius 1 is 0.312 bits per heavy atom. The van der Waals surface area contributed by atoms with Crippen LogP contribution in [0.2, 0.25) is 0 Å². The first-order chi connectivity index (χ1) is 15.9. The van der Waals surface area contributed by atoms with Gasteiger partial charge in [0.2, 0.25) is 0 Å². The first kappa shape index (κ1) is 18.5. The van der Waals surface area contributed by atoms with Crippen molar-refractivity contribution in [2.45, 2.75) is 0 Å². The van der Waals surface area contributed by atoms with Gasteiger partial charge in [-0.2, -0.15) is 0 Å². The van der Waals surface area contributed by atoms with Gasteiger partial charge in [0.25, 0.3) is 0 Å². The lowest BCUT2D eigenvalue weighted by molar-refractivity contribution is 1.38. The lowest BCUT2D eigenvalue weighted by Crippen LogP contribution is -1.92. The highest BCUT2D eigenvalue weighted by Crippen LogP contribution is 2.37. The van der Waals surface area contributed by atoms with E-state index in [2.05, 4.69) is 97.1 Å². The molecule has 0 N–H and O–H groups in total. The van der Waals surface area contributed by atoms with Crippen LogP contribution in [-0.4, -0.2) is 9.97 Å². The Bertz CT molecular complexity index is 1460. The first-order valence-corrected chi connectivity index (χ1v) is 10.8. The Morgan fingerprint density at radius 2 is 0.688 bits per heavy atom. The normalized spacial score (nSPS) is 11.1. The highest BCUT2D eigenvalue weighted by molar-refractivity contribution is 5.92. The predicted molar refractivity (Wildman–Crippen MR) is 133 cm³/mol. The van der Waals surface area contributed by atoms with Gasteiger partial charge in [0, 0.05) is 21.9 Å². The summed E-state index contributed by atoms with van der Waals surface area (Å²) in [5, 5.41) is 2.30. The standard InChI is InChI=1S/C30H20N2/c1-7-15-27-21(9-1)17-19-29(31-27)25-13-5-3-11-23(25)24-12-4-6-14-26(24)30-20-18-22-10-2-8-16-28(22)32-30/h1-20H. The number of pyridine rings is 2. The summed E-state index contributed by atoms with van der Waals surface area (Å²) in [5.74, 6) is 0. The van der Waals surface area contributed by atoms with Crippen molar-refractivity contribution in [1.29, 1.82) is 0 Å². The Labute approximate surface area is 186 Å². The molecule has 0 aliphatic heterocycles. The van der Waals surface area contributed by atoms with Gasteiger partial charge in [-0.3, -0.25) is 0 Å². The summed E-state index contributed by atoms with van der Waals surface area (Å²) in [5.41, 5.74) is 8.49. The van der Waals surface area contributed by atoms with Crippen LogP contribution in [0.5, 0.6) is 0 Å². The van der Waals surface area contributed by atoms with Gasteiger partial charge in [-0.15, -0.1) is 0 Å². The van der Waals surface area contributed by atoms with Crippen LogP contribution in [0.15, 0.2) is 121 Å². The number of fused-ring (bicyclic) bond motifs is 2. The van der Waals surface area contributed by atoms with Crippen LogP contribution >= 0.6 is 0 Å². The molecular formula is C30H20N2. The smallest absolute Gasteiger partial charge is 0.0715 e. The fourth-order valence-electron chi connectivity index (χ4n) is 4.31. The third-order valence-corrected chi connectivity index (χ3v) is 5.89. The molecule has 0 spiro atoms. The van der Waals surface area contributed by atoms with E-state index in [0.717, 1.165) is 55.4 Å². The lowest BCUT2D eigenvalue weighted by atomic mass is 9.92. The van der Waals surface area contributed by atoms with Crippen LogP contribution in [0, 0.1) is 0 Å². The second-order valence-corrected chi connectivity index (χ2v) is 7.87. The average molecular weight is 409 g/mol. The van der Waals surface area contributed by atoms with Gasteiger partial charge in [0.15, 0.2) is 0 Å². The van der Waals surface area contributed by atoms with Gasteiger partial charge in [-0.1, -0.05) is 97.1 Å². The maximum Gasteiger partial charge on any atom is 0.0715 e. The molecule has 0 aliphatic rings. The highest BCUT2D eigenvalue weighted by Gasteiger charge is 2.14. The minimum Gasteiger partial charge on any atom is -0.248 e. The molecule has 0 saturated carbocycles. The second kappa shape index (κ2) is 7.75. The van der Waals surface area contributed by atoms with Crippen LogP contribution in [0.3, 0.4) is 0 Å². The molecule has 0 saturated heterocycles. The summed E-state index contributed by atoms with van der Waals surface area (Å²) in [6.45, 7) is 0. The van der Waals surface area contributed by atoms with Crippen LogP contribution < -0.4 is 0 Å². The molecule has 0 aliphatic carbocycles. The van der Waals surface area contributed by atoms with Crippen molar-refractivity contribution in [1.82, 2.24) is 9.97 Å². The van der Waals surface area contributed by atoms with Crippen molar-refractivity contribution in [3.63, 3.8) is 0 Å². The molecule has 2 heteroatoms. The quantitative estimate of drug-likeness (QED) is 0.299. The average Bonchev–Trinajstić information content (AvgIpc) is 2.88. The number of benzene rings is 4. The first-order valence-electron chi connectivity index (χ1n) is 10.8. The van der Waals surface area contributed by atoms with E-state index in [1.165, 1.54) is 0 Å². The Kier molecular flexibility index (Phi) is 4.47. The van der Waals surface area contributed by atoms with Gasteiger partial charge in [0.1, 0.15) is 0 Å². The van der Waals surface area contributed by atoms with Crippen LogP contribution in [0.25, 0.3) is 55.4 Å². The van der Waals surface area contributed by atoms with Gasteiger partial charge >= 0.3 is 0 Å². The largest absolute Gasteiger partial charge is 0.248 e. The van der Waals surface area contributed by atoms with Crippen LogP contribution in [-0.2, 0) is 0 Å². The van der Waals surface area contributed by atoms with Crippen molar-refractivity contribution < 1.29 is 0 Å². The molecule has 0 atom stereocenters. The van der Waals surface area contributed by atoms with Crippen molar-refractivity contribution in [3.05, 3.63) is 121 Å². The fraction of sp³-hybridized carbons (Fsp3) is 0. The minimum atomic E-state index is 0.973. The zero-order chi connectivity index (χ0) is 21.3. The molecule has 0 bridgehead atoms. The third-order valence-electron chi connectivity index (χ3n) is 5.89. The minimum absolute atomic E-state index is 0.973. The van der Waals surface area contributed by atoms with Crippen molar-refractivity contribution in [2.75, 3.05) is 0 Å². The van der Waals surface area contributed by atoms with E-state index in [1.807, 2.05) is 24.3 Å². The topological polar surface area (TPSA) is 25.8 Å². The molecular weight excluding hydrogens is 388 g/mol. The monoisotopic (exact) mass is 408 g/mol. The summed E-state index contributed by atoms with van der Waals surface area (Å²) in [4.78, 5) is 9.92. The molecule has 32 heavy (non-hydrogen) atoms. The predicted octanol–water partition coefficient (Wildman–Crippen LogP) is 7.78. The molecule has 6 rings (SSSR count). The van der Waals surface area contributed by atoms with E-state index in [0.29, 0.717) is 0 Å². The number of rotatable bonds is 3. The fourth-order valence-corrected chi connectivity index (χ4v) is 4.31. The number of nitrogens with zero attached hydrogens (tertiary/aromatic N) is 2. The maximum absolute atomic E-state index is 4.96. The summed E-state index contributed by atoms with van der Waals surface area (Å²) < 4.78 is 0. The summed E-state index contributed by atoms with van der Waals surface area (Å²) in [7, 11) is 0. The summed E-state index contributed by atoms with van der Waals surface area (Å²) in [6, 6.07) is 42.0. The van der Waals surface area contributed by atoms with Crippen molar-refractivity contribution in [2.24, 2.45) is 0 Å². The van der Waals surface area contributed by atoms with Crippen LogP contribution in [0.1, 0.15) is 0 Å². The molecule has 2 nitrogen and oxygen atoms in total. The Hall–Kier alpha value is -4.30. The Balaban J connectivity index is 1.54. The molecule has 0 fully saturated rings. The zero-order valence-electron chi connectivity index (χ0n) is 17.4. The highest BCUT2D eigenvalue weighted by atomic mass is 14.7. The van der Waals surface area contributed by atoms with E-state index >= 15 is 0 Å². The number of aromatic nitrogens is 2. The third kappa shape index (κ3) is 3.23. The van der Waals surface area contributed by atoms with E-state index < -0.39 is 0 Å². The molecule has 6 aromatic rings. The molecule has 0 amide bonds. The molecule has 150 valence electrons. The molecule has 2 aromatic heterocycles. The number of hydrogen-bond donors (Lipinski definition) is 0. The molecule has 0 unspecified atom stereocenters. The van der Waals surface area contributed by atoms with Gasteiger partial charge in [-0.25, -0.2) is 9.97 Å². The van der Waals surface area contributed by atoms with E-state index in [4.69, 9.17) is 9.97 Å². The molecule has 0 radical (unpaired) electrons. The summed E-state index contributed by atoms with van der Waals surface area (Å²) >= 11 is 0. The van der Waals surface area contributed by atoms with E-state index in [9.17, 15) is 0 Å². The number of hydrogen-bond acceptors (Lipinski definition) is 2. The van der Waals surface area contributed by atoms with Gasteiger partial charge in [0.05, 0.1) is 22.4 Å². The molecule has 2 heterocycles. The SMILES string of the molecule is c1ccc(-c2ccccc2-c2ccc3ccccc3n2)c(-c2ccc3ccccc3n2)c1.